The fraction of sp³-hybridized carbons (Fsp3) is 0.727. The summed E-state index contributed by atoms with van der Waals surface area (Å²) in [5.74, 6) is 2.27. The Hall–Kier alpha value is -0.790. The van der Waals surface area contributed by atoms with E-state index in [-0.39, 0.29) is 5.41 Å². The van der Waals surface area contributed by atoms with E-state index in [0.717, 1.165) is 18.1 Å². The van der Waals surface area contributed by atoms with E-state index in [4.69, 9.17) is 4.42 Å². The molecular weight excluding hydrogens is 162 g/mol. The SMILES string of the molecule is CC(C)c1cnc(CC(C)(C)C)o1. The van der Waals surface area contributed by atoms with E-state index in [1.807, 2.05) is 6.20 Å². The van der Waals surface area contributed by atoms with Gasteiger partial charge in [-0.05, 0) is 5.41 Å². The third-order valence-electron chi connectivity index (χ3n) is 1.82. The summed E-state index contributed by atoms with van der Waals surface area (Å²) in [5, 5.41) is 0. The van der Waals surface area contributed by atoms with Gasteiger partial charge in [-0.1, -0.05) is 34.6 Å². The van der Waals surface area contributed by atoms with Crippen molar-refractivity contribution in [2.24, 2.45) is 5.41 Å². The van der Waals surface area contributed by atoms with Crippen molar-refractivity contribution < 1.29 is 4.42 Å². The van der Waals surface area contributed by atoms with Crippen LogP contribution in [0.15, 0.2) is 10.6 Å². The van der Waals surface area contributed by atoms with Gasteiger partial charge in [-0.15, -0.1) is 0 Å². The zero-order chi connectivity index (χ0) is 10.1. The van der Waals surface area contributed by atoms with Crippen LogP contribution in [0.3, 0.4) is 0 Å². The summed E-state index contributed by atoms with van der Waals surface area (Å²) in [4.78, 5) is 4.26. The molecule has 0 atom stereocenters. The van der Waals surface area contributed by atoms with E-state index in [1.165, 1.54) is 0 Å². The second kappa shape index (κ2) is 3.52. The average Bonchev–Trinajstić information content (AvgIpc) is 2.31. The lowest BCUT2D eigenvalue weighted by Crippen LogP contribution is -2.09. The van der Waals surface area contributed by atoms with Gasteiger partial charge >= 0.3 is 0 Å². The molecule has 74 valence electrons. The summed E-state index contributed by atoms with van der Waals surface area (Å²) in [7, 11) is 0. The monoisotopic (exact) mass is 181 g/mol. The first-order chi connectivity index (χ1) is 5.88. The Morgan fingerprint density at radius 2 is 2.00 bits per heavy atom. The molecule has 0 aromatic carbocycles. The highest BCUT2D eigenvalue weighted by atomic mass is 16.4. The minimum atomic E-state index is 0.249. The van der Waals surface area contributed by atoms with Gasteiger partial charge in [0.2, 0.25) is 0 Å². The lowest BCUT2D eigenvalue weighted by Gasteiger charge is -2.14. The summed E-state index contributed by atoms with van der Waals surface area (Å²) in [6, 6.07) is 0. The van der Waals surface area contributed by atoms with Gasteiger partial charge in [0.1, 0.15) is 5.76 Å². The number of hydrogen-bond donors (Lipinski definition) is 0. The lowest BCUT2D eigenvalue weighted by atomic mass is 9.92. The van der Waals surface area contributed by atoms with Crippen LogP contribution in [0.1, 0.15) is 52.2 Å². The molecule has 0 unspecified atom stereocenters. The Labute approximate surface area is 80.4 Å². The van der Waals surface area contributed by atoms with Crippen LogP contribution < -0.4 is 0 Å². The molecule has 1 heterocycles. The minimum Gasteiger partial charge on any atom is -0.445 e. The van der Waals surface area contributed by atoms with Gasteiger partial charge < -0.3 is 4.42 Å². The molecule has 0 saturated carbocycles. The van der Waals surface area contributed by atoms with E-state index >= 15 is 0 Å². The topological polar surface area (TPSA) is 26.0 Å². The Kier molecular flexibility index (Phi) is 2.79. The summed E-state index contributed by atoms with van der Waals surface area (Å²) < 4.78 is 5.61. The Morgan fingerprint density at radius 3 is 2.38 bits per heavy atom. The third-order valence-corrected chi connectivity index (χ3v) is 1.82. The average molecular weight is 181 g/mol. The predicted octanol–water partition coefficient (Wildman–Crippen LogP) is 3.39. The molecule has 0 radical (unpaired) electrons. The fourth-order valence-electron chi connectivity index (χ4n) is 1.13. The van der Waals surface area contributed by atoms with Crippen molar-refractivity contribution in [1.29, 1.82) is 0 Å². The van der Waals surface area contributed by atoms with Crippen LogP contribution in [-0.2, 0) is 6.42 Å². The van der Waals surface area contributed by atoms with E-state index in [2.05, 4.69) is 39.6 Å². The standard InChI is InChI=1S/C11H19NO/c1-8(2)9-7-12-10(13-9)6-11(3,4)5/h7-8H,6H2,1-5H3. The van der Waals surface area contributed by atoms with E-state index in [1.54, 1.807) is 0 Å². The Morgan fingerprint density at radius 1 is 1.38 bits per heavy atom. The van der Waals surface area contributed by atoms with Crippen molar-refractivity contribution in [1.82, 2.24) is 4.98 Å². The molecule has 2 nitrogen and oxygen atoms in total. The number of nitrogens with zero attached hydrogens (tertiary/aromatic N) is 1. The number of rotatable bonds is 2. The highest BCUT2D eigenvalue weighted by Crippen LogP contribution is 2.22. The molecule has 0 N–H and O–H groups in total. The molecule has 0 spiro atoms. The summed E-state index contributed by atoms with van der Waals surface area (Å²) >= 11 is 0. The van der Waals surface area contributed by atoms with Crippen molar-refractivity contribution in [3.63, 3.8) is 0 Å². The van der Waals surface area contributed by atoms with Crippen LogP contribution in [-0.4, -0.2) is 4.98 Å². The van der Waals surface area contributed by atoms with E-state index in [0.29, 0.717) is 5.92 Å². The fourth-order valence-corrected chi connectivity index (χ4v) is 1.13. The molecule has 0 aliphatic rings. The van der Waals surface area contributed by atoms with Crippen molar-refractivity contribution in [2.45, 2.75) is 47.0 Å². The molecule has 0 bridgehead atoms. The van der Waals surface area contributed by atoms with Crippen LogP contribution in [0.4, 0.5) is 0 Å². The Bertz CT molecular complexity index is 268. The molecule has 0 fully saturated rings. The minimum absolute atomic E-state index is 0.249. The highest BCUT2D eigenvalue weighted by molar-refractivity contribution is 4.99. The highest BCUT2D eigenvalue weighted by Gasteiger charge is 2.16. The maximum absolute atomic E-state index is 5.61. The van der Waals surface area contributed by atoms with Gasteiger partial charge in [-0.25, -0.2) is 4.98 Å². The van der Waals surface area contributed by atoms with E-state index < -0.39 is 0 Å². The van der Waals surface area contributed by atoms with Crippen molar-refractivity contribution in [2.75, 3.05) is 0 Å². The number of oxazole rings is 1. The first-order valence-electron chi connectivity index (χ1n) is 4.83. The van der Waals surface area contributed by atoms with Crippen LogP contribution >= 0.6 is 0 Å². The van der Waals surface area contributed by atoms with Gasteiger partial charge in [0.25, 0.3) is 0 Å². The molecule has 13 heavy (non-hydrogen) atoms. The molecule has 1 rings (SSSR count). The zero-order valence-electron chi connectivity index (χ0n) is 9.22. The van der Waals surface area contributed by atoms with Crippen LogP contribution in [0.25, 0.3) is 0 Å². The van der Waals surface area contributed by atoms with Crippen LogP contribution in [0.2, 0.25) is 0 Å². The van der Waals surface area contributed by atoms with Gasteiger partial charge in [-0.2, -0.15) is 0 Å². The first kappa shape index (κ1) is 10.3. The molecule has 0 aliphatic carbocycles. The third kappa shape index (κ3) is 3.21. The van der Waals surface area contributed by atoms with Crippen LogP contribution in [0.5, 0.6) is 0 Å². The smallest absolute Gasteiger partial charge is 0.194 e. The molecule has 0 saturated heterocycles. The maximum atomic E-state index is 5.61. The van der Waals surface area contributed by atoms with Gasteiger partial charge in [0.15, 0.2) is 5.89 Å². The Balaban J connectivity index is 2.70. The quantitative estimate of drug-likeness (QED) is 0.699. The summed E-state index contributed by atoms with van der Waals surface area (Å²) in [6.07, 6.45) is 2.74. The summed E-state index contributed by atoms with van der Waals surface area (Å²) in [5.41, 5.74) is 0.249. The molecule has 0 aliphatic heterocycles. The molecular formula is C11H19NO. The van der Waals surface area contributed by atoms with Crippen LogP contribution in [0, 0.1) is 5.41 Å². The van der Waals surface area contributed by atoms with Gasteiger partial charge in [0.05, 0.1) is 6.20 Å². The van der Waals surface area contributed by atoms with E-state index in [9.17, 15) is 0 Å². The maximum Gasteiger partial charge on any atom is 0.194 e. The first-order valence-corrected chi connectivity index (χ1v) is 4.83. The number of hydrogen-bond acceptors (Lipinski definition) is 2. The van der Waals surface area contributed by atoms with Crippen molar-refractivity contribution in [3.05, 3.63) is 17.8 Å². The zero-order valence-corrected chi connectivity index (χ0v) is 9.22. The lowest BCUT2D eigenvalue weighted by molar-refractivity contribution is 0.341. The van der Waals surface area contributed by atoms with Gasteiger partial charge in [-0.3, -0.25) is 0 Å². The summed E-state index contributed by atoms with van der Waals surface area (Å²) in [6.45, 7) is 10.8. The van der Waals surface area contributed by atoms with Crippen molar-refractivity contribution in [3.8, 4) is 0 Å². The number of aromatic nitrogens is 1. The molecule has 1 aromatic heterocycles. The normalized spacial score (nSPS) is 12.5. The molecule has 2 heteroatoms. The largest absolute Gasteiger partial charge is 0.445 e. The molecule has 0 amide bonds. The predicted molar refractivity (Wildman–Crippen MR) is 53.8 cm³/mol. The van der Waals surface area contributed by atoms with Gasteiger partial charge in [0, 0.05) is 12.3 Å². The van der Waals surface area contributed by atoms with Crippen molar-refractivity contribution >= 4 is 0 Å². The molecule has 1 aromatic rings. The second-order valence-electron chi connectivity index (χ2n) is 5.05. The second-order valence-corrected chi connectivity index (χ2v) is 5.05.